The maximum atomic E-state index is 10.9. The van der Waals surface area contributed by atoms with Crippen molar-refractivity contribution in [1.82, 2.24) is 4.90 Å². The first-order chi connectivity index (χ1) is 13.8. The summed E-state index contributed by atoms with van der Waals surface area (Å²) in [6.45, 7) is 5.94. The van der Waals surface area contributed by atoms with Crippen LogP contribution in [-0.2, 0) is 9.59 Å². The van der Waals surface area contributed by atoms with Crippen LogP contribution in [0.15, 0.2) is 0 Å². The molecule has 0 aliphatic heterocycles. The molecule has 1 amide bonds. The number of nitrogens with two attached hydrogens (primary N) is 1. The van der Waals surface area contributed by atoms with E-state index in [2.05, 4.69) is 19.6 Å². The lowest BCUT2D eigenvalue weighted by atomic mass is 10.0. The molecule has 0 saturated heterocycles. The molecule has 0 bridgehead atoms. The molecule has 1 unspecified atom stereocenters. The predicted octanol–water partition coefficient (Wildman–Crippen LogP) is 6.09. The molecule has 0 radical (unpaired) electrons. The molecule has 1 atom stereocenters. The lowest BCUT2D eigenvalue weighted by molar-refractivity contribution is -0.154. The Morgan fingerprint density at radius 1 is 0.867 bits per heavy atom. The Balaban J connectivity index is -0.000000497. The molecule has 0 fully saturated rings. The molecule has 0 aliphatic carbocycles. The molecule has 30 heavy (non-hydrogen) atoms. The molecule has 0 spiro atoms. The van der Waals surface area contributed by atoms with Gasteiger partial charge in [-0.15, -0.1) is 12.4 Å². The van der Waals surface area contributed by atoms with Crippen molar-refractivity contribution in [3.63, 3.8) is 0 Å². The van der Waals surface area contributed by atoms with E-state index in [0.29, 0.717) is 0 Å². The summed E-state index contributed by atoms with van der Waals surface area (Å²) in [6, 6.07) is 0. The highest BCUT2D eigenvalue weighted by atomic mass is 35.5. The third kappa shape index (κ3) is 18.3. The van der Waals surface area contributed by atoms with Gasteiger partial charge in [-0.1, -0.05) is 90.4 Å². The summed E-state index contributed by atoms with van der Waals surface area (Å²) in [5, 5.41) is 8.81. The zero-order chi connectivity index (χ0) is 22.5. The van der Waals surface area contributed by atoms with Crippen LogP contribution in [0.1, 0.15) is 111 Å². The average molecular weight is 469 g/mol. The fraction of sp³-hybridized carbons (Fsp3) is 0.913. The normalized spacial score (nSPS) is 12.2. The molecule has 0 aliphatic rings. The van der Waals surface area contributed by atoms with E-state index in [0.717, 1.165) is 6.54 Å². The number of rotatable bonds is 17. The summed E-state index contributed by atoms with van der Waals surface area (Å²) in [4.78, 5) is 22.8. The molecule has 0 rings (SSSR count). The number of hydrogen-bond acceptors (Lipinski definition) is 4. The Kier molecular flexibility index (Phi) is 26.4. The van der Waals surface area contributed by atoms with Gasteiger partial charge >= 0.3 is 5.97 Å². The molecule has 0 aromatic heterocycles. The number of halogens is 1. The number of carboxylic acid groups (broad SMARTS) is 1. The van der Waals surface area contributed by atoms with E-state index in [4.69, 9.17) is 10.8 Å². The first-order valence-electron chi connectivity index (χ1n) is 11.6. The van der Waals surface area contributed by atoms with Crippen LogP contribution in [0.2, 0.25) is 0 Å². The Labute approximate surface area is 197 Å². The summed E-state index contributed by atoms with van der Waals surface area (Å²) >= 11 is 3.90. The second kappa shape index (κ2) is 23.2. The van der Waals surface area contributed by atoms with E-state index in [9.17, 15) is 9.59 Å². The Bertz CT molecular complexity index is 400. The van der Waals surface area contributed by atoms with Gasteiger partial charge in [0.1, 0.15) is 5.54 Å². The zero-order valence-corrected chi connectivity index (χ0v) is 21.7. The van der Waals surface area contributed by atoms with Crippen molar-refractivity contribution in [2.24, 2.45) is 5.73 Å². The van der Waals surface area contributed by atoms with E-state index in [1.165, 1.54) is 116 Å². The summed E-state index contributed by atoms with van der Waals surface area (Å²) in [5.41, 5.74) is 4.25. The fourth-order valence-electron chi connectivity index (χ4n) is 3.00. The largest absolute Gasteiger partial charge is 0.479 e. The summed E-state index contributed by atoms with van der Waals surface area (Å²) in [6.07, 6.45) is 19.9. The third-order valence-corrected chi connectivity index (χ3v) is 6.15. The van der Waals surface area contributed by atoms with E-state index in [1.54, 1.807) is 0 Å². The number of hydrogen-bond donors (Lipinski definition) is 3. The maximum Gasteiger partial charge on any atom is 0.330 e. The van der Waals surface area contributed by atoms with E-state index in [1.807, 2.05) is 0 Å². The second-order valence-corrected chi connectivity index (χ2v) is 8.52. The van der Waals surface area contributed by atoms with Crippen LogP contribution in [0.5, 0.6) is 0 Å². The van der Waals surface area contributed by atoms with Crippen LogP contribution in [-0.4, -0.2) is 46.8 Å². The summed E-state index contributed by atoms with van der Waals surface area (Å²) < 4.78 is 0. The summed E-state index contributed by atoms with van der Waals surface area (Å²) in [5.74, 6) is -1.23. The van der Waals surface area contributed by atoms with Gasteiger partial charge in [0.25, 0.3) is 0 Å². The maximum absolute atomic E-state index is 10.9. The molecule has 5 nitrogen and oxygen atoms in total. The molecule has 0 aromatic carbocycles. The molecule has 3 N–H and O–H groups in total. The number of thiol groups is 1. The van der Waals surface area contributed by atoms with Crippen molar-refractivity contribution >= 4 is 36.9 Å². The minimum Gasteiger partial charge on any atom is -0.479 e. The van der Waals surface area contributed by atoms with Crippen LogP contribution in [0.4, 0.5) is 0 Å². The van der Waals surface area contributed by atoms with Crippen LogP contribution < -0.4 is 5.73 Å². The fourth-order valence-corrected chi connectivity index (χ4v) is 3.35. The standard InChI is InChI=1S/C16H35N.C7H13NO3S.ClH/c1-2-3-4-5-6-7-8-9-10-11-12-13-14-15-16-17;1-5(9)8(3)7(2,4-12)6(10)11;/h2-17H2,1H3;12H,4H2,1-3H3,(H,10,11);1H. The minimum atomic E-state index is -1.21. The first-order valence-corrected chi connectivity index (χ1v) is 12.2. The third-order valence-electron chi connectivity index (χ3n) is 5.54. The van der Waals surface area contributed by atoms with Gasteiger partial charge in [0, 0.05) is 19.7 Å². The highest BCUT2D eigenvalue weighted by molar-refractivity contribution is 7.80. The number of amides is 1. The smallest absolute Gasteiger partial charge is 0.330 e. The van der Waals surface area contributed by atoms with Crippen molar-refractivity contribution in [1.29, 1.82) is 0 Å². The van der Waals surface area contributed by atoms with Crippen LogP contribution in [0.25, 0.3) is 0 Å². The topological polar surface area (TPSA) is 83.6 Å². The molecular formula is C23H49ClN2O3S. The van der Waals surface area contributed by atoms with Crippen LogP contribution in [0.3, 0.4) is 0 Å². The van der Waals surface area contributed by atoms with Gasteiger partial charge in [-0.25, -0.2) is 4.79 Å². The Hall–Kier alpha value is -0.460. The second-order valence-electron chi connectivity index (χ2n) is 8.20. The molecule has 7 heteroatoms. The molecule has 182 valence electrons. The van der Waals surface area contributed by atoms with Crippen molar-refractivity contribution in [3.8, 4) is 0 Å². The lowest BCUT2D eigenvalue weighted by Gasteiger charge is -2.32. The van der Waals surface area contributed by atoms with Gasteiger partial charge in [0.05, 0.1) is 0 Å². The SMILES string of the molecule is CC(=O)N(C)C(C)(CS)C(=O)O.CCCCCCCCCCCCCCCCN.Cl. The van der Waals surface area contributed by atoms with Crippen molar-refractivity contribution in [2.45, 2.75) is 116 Å². The molecule has 0 aromatic rings. The predicted molar refractivity (Wildman–Crippen MR) is 135 cm³/mol. The number of unbranched alkanes of at least 4 members (excludes halogenated alkanes) is 13. The zero-order valence-electron chi connectivity index (χ0n) is 20.0. The summed E-state index contributed by atoms with van der Waals surface area (Å²) in [7, 11) is 1.45. The van der Waals surface area contributed by atoms with Crippen molar-refractivity contribution in [3.05, 3.63) is 0 Å². The molecule has 0 heterocycles. The van der Waals surface area contributed by atoms with E-state index >= 15 is 0 Å². The Morgan fingerprint density at radius 3 is 1.40 bits per heavy atom. The number of carbonyl (C=O) groups is 2. The quantitative estimate of drug-likeness (QED) is 0.178. The van der Waals surface area contributed by atoms with E-state index in [-0.39, 0.29) is 24.1 Å². The molecular weight excluding hydrogens is 420 g/mol. The van der Waals surface area contributed by atoms with Gasteiger partial charge < -0.3 is 15.7 Å². The van der Waals surface area contributed by atoms with Gasteiger partial charge in [0.2, 0.25) is 5.91 Å². The number of carboxylic acids is 1. The Morgan fingerprint density at radius 2 is 1.20 bits per heavy atom. The first kappa shape index (κ1) is 34.2. The van der Waals surface area contributed by atoms with Crippen LogP contribution in [0, 0.1) is 0 Å². The van der Waals surface area contributed by atoms with Crippen LogP contribution >= 0.6 is 25.0 Å². The number of nitrogens with zero attached hydrogens (tertiary/aromatic N) is 1. The number of likely N-dealkylation sites (N-methyl/N-ethyl adjacent to an activating group) is 1. The van der Waals surface area contributed by atoms with Gasteiger partial charge in [-0.05, 0) is 19.9 Å². The minimum absolute atomic E-state index is 0. The van der Waals surface area contributed by atoms with Crippen molar-refractivity contribution < 1.29 is 14.7 Å². The monoisotopic (exact) mass is 468 g/mol. The van der Waals surface area contributed by atoms with Gasteiger partial charge in [0.15, 0.2) is 0 Å². The number of carbonyl (C=O) groups excluding carboxylic acids is 1. The van der Waals surface area contributed by atoms with Gasteiger partial charge in [-0.2, -0.15) is 12.6 Å². The number of aliphatic carboxylic acids is 1. The van der Waals surface area contributed by atoms with E-state index < -0.39 is 11.5 Å². The highest BCUT2D eigenvalue weighted by Crippen LogP contribution is 2.15. The molecule has 0 saturated carbocycles. The van der Waals surface area contributed by atoms with Gasteiger partial charge in [-0.3, -0.25) is 4.79 Å². The average Bonchev–Trinajstić information content (AvgIpc) is 2.70. The highest BCUT2D eigenvalue weighted by Gasteiger charge is 2.37. The van der Waals surface area contributed by atoms with Crippen molar-refractivity contribution in [2.75, 3.05) is 19.3 Å². The lowest BCUT2D eigenvalue weighted by Crippen LogP contribution is -2.53.